The third-order valence-electron chi connectivity index (χ3n) is 1.30. The second-order valence-electron chi connectivity index (χ2n) is 2.32. The molecule has 1 N–H and O–H groups in total. The van der Waals surface area contributed by atoms with E-state index < -0.39 is 6.43 Å². The Kier molecular flexibility index (Phi) is 3.19. The zero-order chi connectivity index (χ0) is 9.84. The van der Waals surface area contributed by atoms with Gasteiger partial charge in [0, 0.05) is 0 Å². The van der Waals surface area contributed by atoms with E-state index in [0.29, 0.717) is 10.8 Å². The predicted molar refractivity (Wildman–Crippen MR) is 48.0 cm³/mol. The van der Waals surface area contributed by atoms with Crippen molar-refractivity contribution in [3.63, 3.8) is 0 Å². The lowest BCUT2D eigenvalue weighted by atomic mass is 10.4. The second kappa shape index (κ2) is 4.18. The van der Waals surface area contributed by atoms with Crippen molar-refractivity contribution in [1.29, 1.82) is 0 Å². The summed E-state index contributed by atoms with van der Waals surface area (Å²) in [4.78, 5) is 3.71. The van der Waals surface area contributed by atoms with Crippen LogP contribution < -0.4 is 5.32 Å². The van der Waals surface area contributed by atoms with Gasteiger partial charge in [0.25, 0.3) is 6.43 Å². The maximum Gasteiger partial charge on any atom is 0.277 e. The van der Waals surface area contributed by atoms with Gasteiger partial charge in [-0.1, -0.05) is 18.2 Å². The van der Waals surface area contributed by atoms with Gasteiger partial charge in [0.2, 0.25) is 0 Å². The predicted octanol–water partition coefficient (Wildman–Crippen LogP) is 2.93. The molecule has 0 amide bonds. The summed E-state index contributed by atoms with van der Waals surface area (Å²) < 4.78 is 24.0. The van der Waals surface area contributed by atoms with Gasteiger partial charge in [-0.3, -0.25) is 0 Å². The van der Waals surface area contributed by atoms with Crippen molar-refractivity contribution in [1.82, 2.24) is 4.98 Å². The maximum absolute atomic E-state index is 12.0. The second-order valence-corrected chi connectivity index (χ2v) is 2.71. The van der Waals surface area contributed by atoms with Gasteiger partial charge in [-0.2, -0.15) is 0 Å². The van der Waals surface area contributed by atoms with E-state index in [1.54, 1.807) is 6.07 Å². The molecule has 0 aliphatic rings. The lowest BCUT2D eigenvalue weighted by Crippen LogP contribution is -2.06. The number of alkyl halides is 2. The van der Waals surface area contributed by atoms with Crippen molar-refractivity contribution in [3.8, 4) is 0 Å². The van der Waals surface area contributed by atoms with E-state index in [9.17, 15) is 8.78 Å². The summed E-state index contributed by atoms with van der Waals surface area (Å²) in [7, 11) is 0. The van der Waals surface area contributed by atoms with Crippen LogP contribution in [-0.2, 0) is 0 Å². The fourth-order valence-corrected chi connectivity index (χ4v) is 0.801. The third-order valence-corrected chi connectivity index (χ3v) is 1.52. The Morgan fingerprint density at radius 1 is 1.54 bits per heavy atom. The minimum Gasteiger partial charge on any atom is -0.353 e. The Morgan fingerprint density at radius 2 is 2.23 bits per heavy atom. The SMILES string of the molecule is C=C(Nc1ccc(Cl)nc1)C(F)F. The molecule has 0 bridgehead atoms. The third kappa shape index (κ3) is 2.99. The van der Waals surface area contributed by atoms with Gasteiger partial charge < -0.3 is 5.32 Å². The smallest absolute Gasteiger partial charge is 0.277 e. The number of allylic oxidation sites excluding steroid dienone is 1. The first-order chi connectivity index (χ1) is 6.09. The molecule has 0 aliphatic heterocycles. The van der Waals surface area contributed by atoms with Crippen LogP contribution in [0, 0.1) is 0 Å². The van der Waals surface area contributed by atoms with E-state index in [2.05, 4.69) is 16.9 Å². The summed E-state index contributed by atoms with van der Waals surface area (Å²) in [5.41, 5.74) is 0.0822. The minimum atomic E-state index is -2.59. The Labute approximate surface area is 79.2 Å². The highest BCUT2D eigenvalue weighted by molar-refractivity contribution is 6.29. The molecule has 0 aliphatic carbocycles. The molecular weight excluding hydrogens is 198 g/mol. The molecular formula is C8H7ClF2N2. The number of nitrogens with zero attached hydrogens (tertiary/aromatic N) is 1. The number of pyridine rings is 1. The van der Waals surface area contributed by atoms with Crippen molar-refractivity contribution < 1.29 is 8.78 Å². The first-order valence-corrected chi connectivity index (χ1v) is 3.83. The minimum absolute atomic E-state index is 0.313. The molecule has 0 saturated carbocycles. The zero-order valence-corrected chi connectivity index (χ0v) is 7.35. The van der Waals surface area contributed by atoms with Crippen LogP contribution in [0.25, 0.3) is 0 Å². The summed E-state index contributed by atoms with van der Waals surface area (Å²) in [6, 6.07) is 3.05. The van der Waals surface area contributed by atoms with Crippen LogP contribution in [0.2, 0.25) is 5.15 Å². The van der Waals surface area contributed by atoms with E-state index in [1.165, 1.54) is 12.3 Å². The normalized spacial score (nSPS) is 10.2. The highest BCUT2D eigenvalue weighted by atomic mass is 35.5. The standard InChI is InChI=1S/C8H7ClF2N2/c1-5(8(10)11)13-6-2-3-7(9)12-4-6/h2-4,8,13H,1H2. The summed E-state index contributed by atoms with van der Waals surface area (Å²) in [5.74, 6) is 0. The molecule has 1 aromatic rings. The molecule has 0 aromatic carbocycles. The summed E-state index contributed by atoms with van der Waals surface area (Å²) in [6.07, 6.45) is -1.23. The fourth-order valence-electron chi connectivity index (χ4n) is 0.690. The summed E-state index contributed by atoms with van der Waals surface area (Å²) in [5, 5.41) is 2.72. The lowest BCUT2D eigenvalue weighted by Gasteiger charge is -2.07. The Hall–Kier alpha value is -1.16. The molecule has 2 nitrogen and oxygen atoms in total. The highest BCUT2D eigenvalue weighted by Gasteiger charge is 2.07. The van der Waals surface area contributed by atoms with Gasteiger partial charge in [-0.25, -0.2) is 13.8 Å². The fraction of sp³-hybridized carbons (Fsp3) is 0.125. The topological polar surface area (TPSA) is 24.9 Å². The molecule has 0 unspecified atom stereocenters. The summed E-state index contributed by atoms with van der Waals surface area (Å²) in [6.45, 7) is 3.15. The van der Waals surface area contributed by atoms with E-state index >= 15 is 0 Å². The molecule has 5 heteroatoms. The van der Waals surface area contributed by atoms with E-state index in [0.717, 1.165) is 0 Å². The van der Waals surface area contributed by atoms with Gasteiger partial charge in [0.15, 0.2) is 0 Å². The largest absolute Gasteiger partial charge is 0.353 e. The highest BCUT2D eigenvalue weighted by Crippen LogP contribution is 2.14. The molecule has 0 saturated heterocycles. The molecule has 70 valence electrons. The van der Waals surface area contributed by atoms with Gasteiger partial charge in [-0.05, 0) is 12.1 Å². The van der Waals surface area contributed by atoms with Crippen molar-refractivity contribution >= 4 is 17.3 Å². The summed E-state index contributed by atoms with van der Waals surface area (Å²) >= 11 is 5.50. The van der Waals surface area contributed by atoms with Gasteiger partial charge in [0.05, 0.1) is 17.6 Å². The van der Waals surface area contributed by atoms with Gasteiger partial charge in [-0.15, -0.1) is 0 Å². The average Bonchev–Trinajstić information content (AvgIpc) is 2.08. The number of halogens is 3. The van der Waals surface area contributed by atoms with E-state index in [-0.39, 0.29) is 5.70 Å². The molecule has 13 heavy (non-hydrogen) atoms. The molecule has 1 aromatic heterocycles. The molecule has 0 fully saturated rings. The van der Waals surface area contributed by atoms with E-state index in [1.807, 2.05) is 0 Å². The first-order valence-electron chi connectivity index (χ1n) is 3.45. The number of nitrogens with one attached hydrogen (secondary N) is 1. The first kappa shape index (κ1) is 9.92. The van der Waals surface area contributed by atoms with Crippen molar-refractivity contribution in [2.45, 2.75) is 6.43 Å². The van der Waals surface area contributed by atoms with Crippen molar-refractivity contribution in [3.05, 3.63) is 35.8 Å². The quantitative estimate of drug-likeness (QED) is 0.766. The molecule has 0 spiro atoms. The van der Waals surface area contributed by atoms with E-state index in [4.69, 9.17) is 11.6 Å². The maximum atomic E-state index is 12.0. The monoisotopic (exact) mass is 204 g/mol. The Bertz CT molecular complexity index is 298. The zero-order valence-electron chi connectivity index (χ0n) is 6.60. The number of hydrogen-bond acceptors (Lipinski definition) is 2. The number of aromatic nitrogens is 1. The van der Waals surface area contributed by atoms with Crippen LogP contribution in [0.5, 0.6) is 0 Å². The number of anilines is 1. The van der Waals surface area contributed by atoms with Gasteiger partial charge >= 0.3 is 0 Å². The van der Waals surface area contributed by atoms with Crippen LogP contribution >= 0.6 is 11.6 Å². The van der Waals surface area contributed by atoms with Crippen molar-refractivity contribution in [2.24, 2.45) is 0 Å². The van der Waals surface area contributed by atoms with Crippen LogP contribution in [0.1, 0.15) is 0 Å². The molecule has 0 atom stereocenters. The Morgan fingerprint density at radius 3 is 2.69 bits per heavy atom. The van der Waals surface area contributed by atoms with Crippen LogP contribution in [0.4, 0.5) is 14.5 Å². The number of hydrogen-bond donors (Lipinski definition) is 1. The lowest BCUT2D eigenvalue weighted by molar-refractivity contribution is 0.192. The van der Waals surface area contributed by atoms with Crippen LogP contribution in [-0.4, -0.2) is 11.4 Å². The van der Waals surface area contributed by atoms with Crippen LogP contribution in [0.3, 0.4) is 0 Å². The Balaban J connectivity index is 2.65. The van der Waals surface area contributed by atoms with Crippen molar-refractivity contribution in [2.75, 3.05) is 5.32 Å². The molecule has 1 rings (SSSR count). The number of rotatable bonds is 3. The molecule has 1 heterocycles. The van der Waals surface area contributed by atoms with Crippen LogP contribution in [0.15, 0.2) is 30.6 Å². The molecule has 0 radical (unpaired) electrons. The average molecular weight is 205 g/mol. The van der Waals surface area contributed by atoms with Gasteiger partial charge in [0.1, 0.15) is 5.15 Å².